The van der Waals surface area contributed by atoms with Crippen molar-refractivity contribution in [3.05, 3.63) is 97.2 Å². The molecule has 0 radical (unpaired) electrons. The highest BCUT2D eigenvalue weighted by atomic mass is 19.4. The van der Waals surface area contributed by atoms with Crippen LogP contribution in [0.2, 0.25) is 0 Å². The van der Waals surface area contributed by atoms with Crippen LogP contribution in [0.25, 0.3) is 0 Å². The summed E-state index contributed by atoms with van der Waals surface area (Å²) in [5.41, 5.74) is -7.24. The molecule has 23 heteroatoms. The van der Waals surface area contributed by atoms with E-state index in [4.69, 9.17) is 33.2 Å². The van der Waals surface area contributed by atoms with Crippen LogP contribution >= 0.6 is 0 Å². The normalized spacial score (nSPS) is 34.5. The van der Waals surface area contributed by atoms with E-state index in [-0.39, 0.29) is 59.7 Å². The molecule has 0 aliphatic heterocycles. The first-order valence-electron chi connectivity index (χ1n) is 38.6. The monoisotopic (exact) mass is 1520 g/mol. The van der Waals surface area contributed by atoms with Gasteiger partial charge in [0.25, 0.3) is 0 Å². The first-order chi connectivity index (χ1) is 49.8. The molecule has 14 aliphatic carbocycles. The maximum atomic E-state index is 14.9. The van der Waals surface area contributed by atoms with Gasteiger partial charge in [0.15, 0.2) is 0 Å². The Labute approximate surface area is 628 Å². The zero-order valence-corrected chi connectivity index (χ0v) is 64.9. The molecule has 14 aliphatic rings. The van der Waals surface area contributed by atoms with Crippen LogP contribution in [0.15, 0.2) is 97.2 Å². The van der Waals surface area contributed by atoms with Crippen molar-refractivity contribution in [2.45, 2.75) is 283 Å². The molecular weight excluding hydrogens is 1400 g/mol. The summed E-state index contributed by atoms with van der Waals surface area (Å²) in [7, 11) is 0. The molecule has 10 bridgehead atoms. The molecule has 0 aromatic carbocycles. The summed E-state index contributed by atoms with van der Waals surface area (Å²) in [5.74, 6) is -15.4. The third kappa shape index (κ3) is 19.7. The average molecular weight is 1520 g/mol. The number of carbonyl (C=O) groups excluding carboxylic acids is 7. The van der Waals surface area contributed by atoms with Crippen LogP contribution in [0.3, 0.4) is 0 Å². The Balaban J connectivity index is 0.000000178. The number of fused-ring (bicyclic) bond motifs is 15. The second-order valence-electron chi connectivity index (χ2n) is 33.7. The molecule has 15 atom stereocenters. The fraction of sp³-hybridized carbons (Fsp3) is 0.726. The summed E-state index contributed by atoms with van der Waals surface area (Å²) in [6.07, 6.45) is 27.1. The molecule has 0 saturated heterocycles. The van der Waals surface area contributed by atoms with E-state index in [2.05, 4.69) is 69.9 Å². The Morgan fingerprint density at radius 2 is 0.888 bits per heavy atom. The van der Waals surface area contributed by atoms with Crippen molar-refractivity contribution in [3.8, 4) is 0 Å². The lowest BCUT2D eigenvalue weighted by Crippen LogP contribution is -2.63. The summed E-state index contributed by atoms with van der Waals surface area (Å²) >= 11 is 0. The molecule has 15 nitrogen and oxygen atoms in total. The van der Waals surface area contributed by atoms with Crippen LogP contribution in [0.5, 0.6) is 0 Å². The van der Waals surface area contributed by atoms with Gasteiger partial charge in [-0.05, 0) is 262 Å². The van der Waals surface area contributed by atoms with E-state index >= 15 is 0 Å². The molecule has 15 unspecified atom stereocenters. The van der Waals surface area contributed by atoms with Crippen LogP contribution in [-0.4, -0.2) is 127 Å². The predicted octanol–water partition coefficient (Wildman–Crippen LogP) is 18.7. The Morgan fingerprint density at radius 3 is 1.40 bits per heavy atom. The number of esters is 7. The molecule has 600 valence electrons. The van der Waals surface area contributed by atoms with Gasteiger partial charge in [0.2, 0.25) is 11.3 Å². The van der Waals surface area contributed by atoms with Crippen LogP contribution in [0.4, 0.5) is 35.1 Å². The quantitative estimate of drug-likeness (QED) is 0.0314. The van der Waals surface area contributed by atoms with E-state index in [1.54, 1.807) is 41.5 Å². The maximum absolute atomic E-state index is 14.9. The van der Waals surface area contributed by atoms with Crippen molar-refractivity contribution < 1.29 is 107 Å². The van der Waals surface area contributed by atoms with Crippen LogP contribution in [-0.2, 0) is 71.5 Å². The number of rotatable bonds is 18. The number of alkyl halides is 8. The molecule has 0 heterocycles. The van der Waals surface area contributed by atoms with Gasteiger partial charge in [0.05, 0.1) is 19.3 Å². The van der Waals surface area contributed by atoms with Gasteiger partial charge in [-0.15, -0.1) is 0 Å². The largest absolute Gasteiger partial charge is 0.462 e. The molecule has 13 saturated carbocycles. The summed E-state index contributed by atoms with van der Waals surface area (Å²) in [6, 6.07) is 0. The predicted molar refractivity (Wildman–Crippen MR) is 388 cm³/mol. The number of halogens is 8. The fourth-order valence-electron chi connectivity index (χ4n) is 19.3. The lowest BCUT2D eigenvalue weighted by atomic mass is 9.55. The van der Waals surface area contributed by atoms with E-state index in [1.807, 2.05) is 20.8 Å². The number of hydrogen-bond acceptors (Lipinski definition) is 15. The van der Waals surface area contributed by atoms with Crippen molar-refractivity contribution in [3.63, 3.8) is 0 Å². The number of carbonyl (C=O) groups is 7. The minimum atomic E-state index is -6.20. The molecule has 0 aromatic rings. The lowest BCUT2D eigenvalue weighted by molar-refractivity contribution is -0.298. The zero-order chi connectivity index (χ0) is 79.8. The van der Waals surface area contributed by atoms with Gasteiger partial charge in [0.1, 0.15) is 36.6 Å². The third-order valence-corrected chi connectivity index (χ3v) is 24.1. The SMILES string of the molecule is C=C(C)C(=O)OC(C)(C)C.C=C(C)C(=O)OC1C2CC3CC(C2)CC1C3.C=C(C)C(=O)OC1CC2CC1C1(F)C(F)(F)C(F)(F)C(F)(F)C21F.C=C(C)C(=O)OC1CC2CC1C1CCCC21.C=C(C)C(=O)OC1CCCCC1.C=C(C)C(=O)OCCCC.C=C(C)C(=O)OCCOC1CC2CC1C1CC=CC21. The topological polar surface area (TPSA) is 193 Å². The second-order valence-corrected chi connectivity index (χ2v) is 33.7. The molecule has 13 fully saturated rings. The van der Waals surface area contributed by atoms with E-state index in [0.717, 1.165) is 85.4 Å². The minimum Gasteiger partial charge on any atom is -0.462 e. The van der Waals surface area contributed by atoms with Gasteiger partial charge < -0.3 is 37.9 Å². The van der Waals surface area contributed by atoms with Gasteiger partial charge in [0, 0.05) is 50.8 Å². The van der Waals surface area contributed by atoms with Crippen LogP contribution < -0.4 is 0 Å². The summed E-state index contributed by atoms with van der Waals surface area (Å²) in [6.45, 7) is 44.7. The van der Waals surface area contributed by atoms with Gasteiger partial charge in [-0.1, -0.05) is 84.4 Å². The summed E-state index contributed by atoms with van der Waals surface area (Å²) < 4.78 is 154. The zero-order valence-electron chi connectivity index (χ0n) is 64.9. The van der Waals surface area contributed by atoms with Crippen molar-refractivity contribution in [2.24, 2.45) is 82.9 Å². The van der Waals surface area contributed by atoms with Gasteiger partial charge in [-0.25, -0.2) is 42.3 Å². The molecule has 14 rings (SSSR count). The molecular formula is C84H118F8O15. The second kappa shape index (κ2) is 36.2. The number of unbranched alkanes of at least 4 members (excludes halogenated alkanes) is 1. The fourth-order valence-corrected chi connectivity index (χ4v) is 19.3. The molecule has 107 heavy (non-hydrogen) atoms. The van der Waals surface area contributed by atoms with Crippen molar-refractivity contribution >= 4 is 41.8 Å². The molecule has 0 aromatic heterocycles. The number of ether oxygens (including phenoxy) is 8. The Kier molecular flexibility index (Phi) is 29.7. The van der Waals surface area contributed by atoms with E-state index in [9.17, 15) is 68.7 Å². The smallest absolute Gasteiger partial charge is 0.378 e. The highest BCUT2D eigenvalue weighted by Crippen LogP contribution is 2.79. The van der Waals surface area contributed by atoms with Gasteiger partial charge in [-0.3, -0.25) is 0 Å². The lowest BCUT2D eigenvalue weighted by Gasteiger charge is -2.53. The summed E-state index contributed by atoms with van der Waals surface area (Å²) in [4.78, 5) is 78.5. The van der Waals surface area contributed by atoms with E-state index in [1.165, 1.54) is 103 Å². The number of allylic oxidation sites excluding steroid dienone is 2. The summed E-state index contributed by atoms with van der Waals surface area (Å²) in [5, 5.41) is 0. The first-order valence-corrected chi connectivity index (χ1v) is 38.6. The van der Waals surface area contributed by atoms with E-state index < -0.39 is 71.5 Å². The number of hydrogen-bond donors (Lipinski definition) is 0. The molecule has 0 amide bonds. The van der Waals surface area contributed by atoms with Crippen molar-refractivity contribution in [1.29, 1.82) is 0 Å². The first kappa shape index (κ1) is 87.8. The average Bonchev–Trinajstić information content (AvgIpc) is 1.46. The third-order valence-electron chi connectivity index (χ3n) is 24.1. The highest BCUT2D eigenvalue weighted by Gasteiger charge is 3.04. The Bertz CT molecular complexity index is 3320. The minimum absolute atomic E-state index is 0.156. The molecule has 0 spiro atoms. The van der Waals surface area contributed by atoms with Crippen LogP contribution in [0.1, 0.15) is 217 Å². The Morgan fingerprint density at radius 1 is 0.421 bits per heavy atom. The van der Waals surface area contributed by atoms with Gasteiger partial charge in [-0.2, -0.15) is 26.3 Å². The molecule has 0 N–H and O–H groups in total. The van der Waals surface area contributed by atoms with E-state index in [0.29, 0.717) is 77.1 Å². The van der Waals surface area contributed by atoms with Crippen molar-refractivity contribution in [1.82, 2.24) is 0 Å². The van der Waals surface area contributed by atoms with Crippen LogP contribution in [0, 0.1) is 82.9 Å². The van der Waals surface area contributed by atoms with Crippen molar-refractivity contribution in [2.75, 3.05) is 19.8 Å². The highest BCUT2D eigenvalue weighted by molar-refractivity contribution is 5.89. The maximum Gasteiger partial charge on any atom is 0.378 e. The Hall–Kier alpha value is -6.39. The standard InChI is InChI=1S/C16H22O3.C14H12F8O2.2C14H20O2.C10H16O2.2C8H14O2/c1-10(2)16(17)19-7-6-18-15-9-11-8-14(15)13-5-3-4-12(11)13;1-5(2)9(23)24-8-4-6-3-7(8)11(16)10(6,15)12(17,18)14(21,22)13(11,19)20;1-8(2)14(15)16-13-11-4-9-3-10(6-11)7-12(13)5-9;1-8(2)14(15)16-13-7-9-6-12(13)11-5-3-4-10(9)11;1-8(2)10(11)12-9-6-4-3-5-7-9;1-6(2)7(9)10-8(3,4)5;1-4-5-6-10-8(9)7(2)3/h3-4,11-15H,1,5-9H2,2H3;6-8H,1,3-4H2,2H3;2*9-13H,1,3-7H2,2H3;9H,1,3-7H2,2H3;1H2,2-5H3;2,4-6H2,1,3H3. The van der Waals surface area contributed by atoms with Gasteiger partial charge >= 0.3 is 59.6 Å².